The number of hydrogen-bond acceptors (Lipinski definition) is 4. The van der Waals surface area contributed by atoms with Gasteiger partial charge in [-0.3, -0.25) is 9.10 Å². The molecule has 7 heteroatoms. The number of piperazine rings is 1. The molecule has 0 atom stereocenters. The van der Waals surface area contributed by atoms with Crippen molar-refractivity contribution >= 4 is 21.6 Å². The number of carbonyl (C=O) groups is 1. The SMILES string of the molecule is CCN1CCN(C(=O)CN(c2ccc(C(C)(C)C)cc2)S(C)(=O)=O)CC1. The number of sulfonamides is 1. The van der Waals surface area contributed by atoms with Crippen molar-refractivity contribution in [3.63, 3.8) is 0 Å². The van der Waals surface area contributed by atoms with E-state index >= 15 is 0 Å². The fourth-order valence-corrected chi connectivity index (χ4v) is 3.91. The highest BCUT2D eigenvalue weighted by Crippen LogP contribution is 2.26. The molecule has 0 radical (unpaired) electrons. The summed E-state index contributed by atoms with van der Waals surface area (Å²) in [6.07, 6.45) is 1.15. The molecule has 0 saturated carbocycles. The van der Waals surface area contributed by atoms with Crippen molar-refractivity contribution in [2.75, 3.05) is 49.8 Å². The number of rotatable bonds is 5. The Bertz CT molecular complexity index is 715. The largest absolute Gasteiger partial charge is 0.339 e. The molecular weight excluding hydrogens is 350 g/mol. The summed E-state index contributed by atoms with van der Waals surface area (Å²) in [6, 6.07) is 7.42. The molecule has 1 aliphatic heterocycles. The van der Waals surface area contributed by atoms with E-state index in [0.717, 1.165) is 31.5 Å². The third-order valence-electron chi connectivity index (χ3n) is 4.87. The average Bonchev–Trinajstić information content (AvgIpc) is 2.58. The lowest BCUT2D eigenvalue weighted by atomic mass is 9.87. The van der Waals surface area contributed by atoms with Crippen LogP contribution in [0.4, 0.5) is 5.69 Å². The van der Waals surface area contributed by atoms with Crippen LogP contribution in [0.3, 0.4) is 0 Å². The van der Waals surface area contributed by atoms with Crippen LogP contribution in [0.15, 0.2) is 24.3 Å². The summed E-state index contributed by atoms with van der Waals surface area (Å²) in [5.41, 5.74) is 1.64. The molecule has 146 valence electrons. The van der Waals surface area contributed by atoms with E-state index in [1.165, 1.54) is 4.31 Å². The number of amides is 1. The topological polar surface area (TPSA) is 60.9 Å². The maximum atomic E-state index is 12.7. The van der Waals surface area contributed by atoms with Crippen LogP contribution in [0, 0.1) is 0 Å². The van der Waals surface area contributed by atoms with Gasteiger partial charge in [0.2, 0.25) is 15.9 Å². The predicted molar refractivity (Wildman–Crippen MR) is 106 cm³/mol. The molecule has 6 nitrogen and oxygen atoms in total. The van der Waals surface area contributed by atoms with Crippen molar-refractivity contribution in [2.45, 2.75) is 33.1 Å². The maximum absolute atomic E-state index is 12.7. The van der Waals surface area contributed by atoms with E-state index in [4.69, 9.17) is 0 Å². The smallest absolute Gasteiger partial charge is 0.243 e. The molecule has 1 amide bonds. The minimum absolute atomic E-state index is 0.0107. The number of likely N-dealkylation sites (N-methyl/N-ethyl adjacent to an activating group) is 1. The highest BCUT2D eigenvalue weighted by Gasteiger charge is 2.26. The Labute approximate surface area is 157 Å². The first kappa shape index (κ1) is 20.7. The Morgan fingerprint density at radius 3 is 2.04 bits per heavy atom. The molecule has 0 unspecified atom stereocenters. The lowest BCUT2D eigenvalue weighted by Crippen LogP contribution is -2.51. The fraction of sp³-hybridized carbons (Fsp3) is 0.632. The molecule has 1 aliphatic rings. The number of anilines is 1. The molecule has 0 spiro atoms. The van der Waals surface area contributed by atoms with E-state index in [1.54, 1.807) is 17.0 Å². The van der Waals surface area contributed by atoms with Crippen LogP contribution in [0.5, 0.6) is 0 Å². The molecule has 1 aromatic carbocycles. The molecule has 1 aromatic rings. The average molecular weight is 382 g/mol. The molecule has 0 N–H and O–H groups in total. The minimum atomic E-state index is -3.54. The van der Waals surface area contributed by atoms with Crippen molar-refractivity contribution in [3.8, 4) is 0 Å². The van der Waals surface area contributed by atoms with Gasteiger partial charge in [-0.15, -0.1) is 0 Å². The Morgan fingerprint density at radius 1 is 1.08 bits per heavy atom. The Morgan fingerprint density at radius 2 is 1.62 bits per heavy atom. The van der Waals surface area contributed by atoms with Gasteiger partial charge in [0.1, 0.15) is 6.54 Å². The third-order valence-corrected chi connectivity index (χ3v) is 6.01. The number of nitrogens with zero attached hydrogens (tertiary/aromatic N) is 3. The summed E-state index contributed by atoms with van der Waals surface area (Å²) < 4.78 is 25.8. The van der Waals surface area contributed by atoms with Gasteiger partial charge in [0.25, 0.3) is 0 Å². The standard InChI is InChI=1S/C19H31N3O3S/c1-6-20-11-13-21(14-12-20)18(23)15-22(26(5,24)25)17-9-7-16(8-10-17)19(2,3)4/h7-10H,6,11-15H2,1-5H3. The molecule has 1 saturated heterocycles. The second-order valence-corrected chi connectivity index (χ2v) is 9.79. The van der Waals surface area contributed by atoms with Gasteiger partial charge in [0.05, 0.1) is 11.9 Å². The van der Waals surface area contributed by atoms with Gasteiger partial charge in [0.15, 0.2) is 0 Å². The van der Waals surface area contributed by atoms with Crippen LogP contribution in [-0.2, 0) is 20.2 Å². The Kier molecular flexibility index (Phi) is 6.34. The van der Waals surface area contributed by atoms with Crippen LogP contribution < -0.4 is 4.31 Å². The van der Waals surface area contributed by atoms with Crippen molar-refractivity contribution in [1.82, 2.24) is 9.80 Å². The minimum Gasteiger partial charge on any atom is -0.339 e. The van der Waals surface area contributed by atoms with Gasteiger partial charge >= 0.3 is 0 Å². The van der Waals surface area contributed by atoms with Crippen molar-refractivity contribution in [2.24, 2.45) is 0 Å². The summed E-state index contributed by atoms with van der Waals surface area (Å²) in [4.78, 5) is 16.7. The van der Waals surface area contributed by atoms with E-state index in [1.807, 2.05) is 12.1 Å². The highest BCUT2D eigenvalue weighted by atomic mass is 32.2. The zero-order chi connectivity index (χ0) is 19.5. The molecule has 1 heterocycles. The monoisotopic (exact) mass is 381 g/mol. The fourth-order valence-electron chi connectivity index (χ4n) is 3.06. The predicted octanol–water partition coefficient (Wildman–Crippen LogP) is 1.91. The number of carbonyl (C=O) groups excluding carboxylic acids is 1. The molecule has 0 bridgehead atoms. The summed E-state index contributed by atoms with van der Waals surface area (Å²) in [6.45, 7) is 12.2. The Hall–Kier alpha value is -1.60. The molecule has 26 heavy (non-hydrogen) atoms. The van der Waals surface area contributed by atoms with E-state index in [0.29, 0.717) is 18.8 Å². The molecule has 1 fully saturated rings. The van der Waals surface area contributed by atoms with Gasteiger partial charge in [-0.1, -0.05) is 39.8 Å². The van der Waals surface area contributed by atoms with Gasteiger partial charge in [0, 0.05) is 26.2 Å². The zero-order valence-corrected chi connectivity index (χ0v) is 17.3. The summed E-state index contributed by atoms with van der Waals surface area (Å²) in [5, 5.41) is 0. The summed E-state index contributed by atoms with van der Waals surface area (Å²) in [5.74, 6) is -0.147. The van der Waals surface area contributed by atoms with Gasteiger partial charge < -0.3 is 9.80 Å². The first-order valence-electron chi connectivity index (χ1n) is 9.10. The molecule has 0 aromatic heterocycles. The second-order valence-electron chi connectivity index (χ2n) is 7.88. The lowest BCUT2D eigenvalue weighted by molar-refractivity contribution is -0.131. The van der Waals surface area contributed by atoms with Crippen LogP contribution in [0.2, 0.25) is 0 Å². The first-order chi connectivity index (χ1) is 12.0. The van der Waals surface area contributed by atoms with E-state index in [9.17, 15) is 13.2 Å². The first-order valence-corrected chi connectivity index (χ1v) is 11.0. The van der Waals surface area contributed by atoms with Crippen LogP contribution >= 0.6 is 0 Å². The number of benzene rings is 1. The van der Waals surface area contributed by atoms with E-state index < -0.39 is 10.0 Å². The number of hydrogen-bond donors (Lipinski definition) is 0. The van der Waals surface area contributed by atoms with Gasteiger partial charge in [-0.25, -0.2) is 8.42 Å². The van der Waals surface area contributed by atoms with Crippen molar-refractivity contribution in [1.29, 1.82) is 0 Å². The second kappa shape index (κ2) is 7.96. The normalized spacial score (nSPS) is 16.6. The summed E-state index contributed by atoms with van der Waals surface area (Å²) >= 11 is 0. The molecule has 0 aliphatic carbocycles. The maximum Gasteiger partial charge on any atom is 0.243 e. The lowest BCUT2D eigenvalue weighted by Gasteiger charge is -2.35. The van der Waals surface area contributed by atoms with Crippen LogP contribution in [-0.4, -0.2) is 69.6 Å². The quantitative estimate of drug-likeness (QED) is 0.782. The van der Waals surface area contributed by atoms with Crippen molar-refractivity contribution < 1.29 is 13.2 Å². The van der Waals surface area contributed by atoms with Gasteiger partial charge in [-0.2, -0.15) is 0 Å². The summed E-state index contributed by atoms with van der Waals surface area (Å²) in [7, 11) is -3.54. The Balaban J connectivity index is 2.15. The van der Waals surface area contributed by atoms with E-state index in [2.05, 4.69) is 32.6 Å². The third kappa shape index (κ3) is 5.20. The van der Waals surface area contributed by atoms with Crippen molar-refractivity contribution in [3.05, 3.63) is 29.8 Å². The van der Waals surface area contributed by atoms with Crippen LogP contribution in [0.25, 0.3) is 0 Å². The molecular formula is C19H31N3O3S. The molecule has 2 rings (SSSR count). The zero-order valence-electron chi connectivity index (χ0n) is 16.5. The van der Waals surface area contributed by atoms with Crippen LogP contribution in [0.1, 0.15) is 33.3 Å². The van der Waals surface area contributed by atoms with Gasteiger partial charge in [-0.05, 0) is 29.7 Å². The van der Waals surface area contributed by atoms with E-state index in [-0.39, 0.29) is 17.9 Å². The highest BCUT2D eigenvalue weighted by molar-refractivity contribution is 7.92.